The van der Waals surface area contributed by atoms with Gasteiger partial charge < -0.3 is 15.1 Å². The molecule has 200 valence electrons. The Balaban J connectivity index is 0.980. The minimum absolute atomic E-state index is 0.0531. The van der Waals surface area contributed by atoms with Crippen LogP contribution in [0.15, 0.2) is 36.9 Å². The molecule has 2 aliphatic heterocycles. The highest BCUT2D eigenvalue weighted by molar-refractivity contribution is 5.54. The van der Waals surface area contributed by atoms with E-state index in [0.717, 1.165) is 87.0 Å². The molecule has 5 aliphatic rings. The summed E-state index contributed by atoms with van der Waals surface area (Å²) in [5.74, 6) is 0.905. The lowest BCUT2D eigenvalue weighted by Crippen LogP contribution is -2.68. The molecule has 10 heteroatoms. The highest BCUT2D eigenvalue weighted by atomic mass is 19.1. The van der Waals surface area contributed by atoms with Crippen LogP contribution >= 0.6 is 0 Å². The molecular formula is C28H36FN9. The summed E-state index contributed by atoms with van der Waals surface area (Å²) in [6.07, 6.45) is 14.5. The van der Waals surface area contributed by atoms with Gasteiger partial charge in [-0.2, -0.15) is 0 Å². The van der Waals surface area contributed by atoms with Crippen LogP contribution in [0.5, 0.6) is 0 Å². The SMILES string of the molecule is CC(c1ccc(N2CCC[C@@H](NCC34CC(F)(C3)C4)C2)cn1)n1cc(-c2cncc(N3CCCC3)n2)nn1. The topological polar surface area (TPSA) is 87.9 Å². The van der Waals surface area contributed by atoms with Crippen molar-refractivity contribution in [2.45, 2.75) is 69.6 Å². The van der Waals surface area contributed by atoms with Gasteiger partial charge in [0.2, 0.25) is 0 Å². The van der Waals surface area contributed by atoms with Crippen molar-refractivity contribution in [3.63, 3.8) is 0 Å². The second-order valence-corrected chi connectivity index (χ2v) is 12.0. The number of rotatable bonds is 8. The molecule has 8 rings (SSSR count). The van der Waals surface area contributed by atoms with E-state index in [1.165, 1.54) is 19.3 Å². The van der Waals surface area contributed by atoms with E-state index in [1.54, 1.807) is 6.20 Å². The molecule has 0 aromatic carbocycles. The summed E-state index contributed by atoms with van der Waals surface area (Å²) >= 11 is 0. The second kappa shape index (κ2) is 9.25. The van der Waals surface area contributed by atoms with Gasteiger partial charge in [-0.1, -0.05) is 5.21 Å². The van der Waals surface area contributed by atoms with Crippen molar-refractivity contribution in [1.82, 2.24) is 35.3 Å². The first kappa shape index (κ1) is 23.9. The fourth-order valence-electron chi connectivity index (χ4n) is 6.92. The van der Waals surface area contributed by atoms with Gasteiger partial charge in [-0.25, -0.2) is 14.1 Å². The number of halogens is 1. The van der Waals surface area contributed by atoms with Crippen LogP contribution in [0.1, 0.15) is 63.6 Å². The van der Waals surface area contributed by atoms with Gasteiger partial charge in [0, 0.05) is 38.8 Å². The third-order valence-corrected chi connectivity index (χ3v) is 9.05. The van der Waals surface area contributed by atoms with Crippen LogP contribution < -0.4 is 15.1 Å². The largest absolute Gasteiger partial charge is 0.369 e. The Labute approximate surface area is 222 Å². The fourth-order valence-corrected chi connectivity index (χ4v) is 6.92. The van der Waals surface area contributed by atoms with E-state index in [1.807, 2.05) is 23.3 Å². The molecule has 2 atom stereocenters. The second-order valence-electron chi connectivity index (χ2n) is 12.0. The van der Waals surface area contributed by atoms with Crippen LogP contribution in [-0.2, 0) is 0 Å². The summed E-state index contributed by atoms with van der Waals surface area (Å²) < 4.78 is 15.7. The van der Waals surface area contributed by atoms with E-state index in [-0.39, 0.29) is 11.5 Å². The van der Waals surface area contributed by atoms with Crippen molar-refractivity contribution in [2.24, 2.45) is 5.41 Å². The Kier molecular flexibility index (Phi) is 5.83. The molecule has 0 amide bonds. The third kappa shape index (κ3) is 4.42. The standard InChI is InChI=1S/C28H36FN9/c1-20(38-15-25(34-35-38)24-12-30-13-26(33-24)36-8-2-3-9-36)23-7-6-22(11-31-23)37-10-4-5-21(14-37)32-19-27-16-28(29,17-27)18-27/h6-7,11-13,15,20-21,32H,2-5,8-10,14,16-19H2,1H3/t20?,21-,27?,28?/m1/s1. The predicted molar refractivity (Wildman–Crippen MR) is 144 cm³/mol. The van der Waals surface area contributed by atoms with E-state index in [0.29, 0.717) is 6.04 Å². The molecule has 3 aromatic rings. The molecule has 1 unspecified atom stereocenters. The monoisotopic (exact) mass is 517 g/mol. The Bertz CT molecular complexity index is 1270. The van der Waals surface area contributed by atoms with Gasteiger partial charge in [0.15, 0.2) is 0 Å². The normalized spacial score (nSPS) is 29.2. The molecule has 2 bridgehead atoms. The molecule has 0 spiro atoms. The number of pyridine rings is 1. The molecule has 38 heavy (non-hydrogen) atoms. The van der Waals surface area contributed by atoms with E-state index >= 15 is 0 Å². The first-order valence-corrected chi connectivity index (χ1v) is 14.1. The van der Waals surface area contributed by atoms with Crippen LogP contribution in [0.25, 0.3) is 11.4 Å². The van der Waals surface area contributed by atoms with Gasteiger partial charge in [0.1, 0.15) is 22.9 Å². The van der Waals surface area contributed by atoms with E-state index in [4.69, 9.17) is 9.97 Å². The molecule has 3 saturated carbocycles. The summed E-state index contributed by atoms with van der Waals surface area (Å²) in [5.41, 5.74) is 2.98. The maximum atomic E-state index is 13.9. The lowest BCUT2D eigenvalue weighted by Gasteiger charge is -2.66. The molecular weight excluding hydrogens is 481 g/mol. The minimum Gasteiger partial charge on any atom is -0.369 e. The third-order valence-electron chi connectivity index (χ3n) is 9.05. The quantitative estimate of drug-likeness (QED) is 0.483. The molecule has 0 radical (unpaired) electrons. The van der Waals surface area contributed by atoms with Crippen LogP contribution in [-0.4, -0.2) is 74.4 Å². The number of piperidine rings is 1. The minimum atomic E-state index is -0.814. The van der Waals surface area contributed by atoms with Gasteiger partial charge in [-0.05, 0) is 69.4 Å². The Morgan fingerprint density at radius 2 is 1.84 bits per heavy atom. The summed E-state index contributed by atoms with van der Waals surface area (Å²) in [5, 5.41) is 12.5. The summed E-state index contributed by atoms with van der Waals surface area (Å²) in [6, 6.07) is 4.66. The maximum Gasteiger partial charge on any atom is 0.147 e. The maximum absolute atomic E-state index is 13.9. The predicted octanol–water partition coefficient (Wildman–Crippen LogP) is 3.79. The number of hydrogen-bond acceptors (Lipinski definition) is 8. The van der Waals surface area contributed by atoms with Crippen molar-refractivity contribution >= 4 is 11.5 Å². The molecule has 3 aliphatic carbocycles. The number of alkyl halides is 1. The number of nitrogens with one attached hydrogen (secondary N) is 1. The van der Waals surface area contributed by atoms with Gasteiger partial charge in [-0.15, -0.1) is 5.10 Å². The molecule has 3 aromatic heterocycles. The zero-order valence-electron chi connectivity index (χ0n) is 22.1. The van der Waals surface area contributed by atoms with Crippen molar-refractivity contribution in [1.29, 1.82) is 0 Å². The summed E-state index contributed by atoms with van der Waals surface area (Å²) in [7, 11) is 0. The molecule has 2 saturated heterocycles. The molecule has 5 fully saturated rings. The van der Waals surface area contributed by atoms with Crippen LogP contribution in [0.3, 0.4) is 0 Å². The Hall–Kier alpha value is -3.14. The summed E-state index contributed by atoms with van der Waals surface area (Å²) in [6.45, 7) is 7.11. The molecule has 5 heterocycles. The van der Waals surface area contributed by atoms with E-state index in [2.05, 4.69) is 49.5 Å². The fraction of sp³-hybridized carbons (Fsp3) is 0.607. The zero-order chi connectivity index (χ0) is 25.7. The lowest BCUT2D eigenvalue weighted by molar-refractivity contribution is -0.210. The lowest BCUT2D eigenvalue weighted by atomic mass is 9.42. The smallest absolute Gasteiger partial charge is 0.147 e. The van der Waals surface area contributed by atoms with Gasteiger partial charge >= 0.3 is 0 Å². The average molecular weight is 518 g/mol. The number of aromatic nitrogens is 6. The Morgan fingerprint density at radius 3 is 2.61 bits per heavy atom. The van der Waals surface area contributed by atoms with Crippen LogP contribution in [0, 0.1) is 5.41 Å². The van der Waals surface area contributed by atoms with Crippen molar-refractivity contribution < 1.29 is 4.39 Å². The molecule has 9 nitrogen and oxygen atoms in total. The van der Waals surface area contributed by atoms with Crippen molar-refractivity contribution in [2.75, 3.05) is 42.5 Å². The van der Waals surface area contributed by atoms with Gasteiger partial charge in [-0.3, -0.25) is 9.97 Å². The van der Waals surface area contributed by atoms with Crippen molar-refractivity contribution in [3.8, 4) is 11.4 Å². The highest BCUT2D eigenvalue weighted by Crippen LogP contribution is 2.69. The first-order chi connectivity index (χ1) is 18.5. The number of nitrogens with zero attached hydrogens (tertiary/aromatic N) is 8. The highest BCUT2D eigenvalue weighted by Gasteiger charge is 2.68. The first-order valence-electron chi connectivity index (χ1n) is 14.1. The number of anilines is 2. The number of hydrogen-bond donors (Lipinski definition) is 1. The van der Waals surface area contributed by atoms with Gasteiger partial charge in [0.25, 0.3) is 0 Å². The zero-order valence-corrected chi connectivity index (χ0v) is 22.1. The van der Waals surface area contributed by atoms with Crippen molar-refractivity contribution in [3.05, 3.63) is 42.6 Å². The molecule has 1 N–H and O–H groups in total. The van der Waals surface area contributed by atoms with E-state index < -0.39 is 5.67 Å². The van der Waals surface area contributed by atoms with Crippen LogP contribution in [0.2, 0.25) is 0 Å². The van der Waals surface area contributed by atoms with Crippen LogP contribution in [0.4, 0.5) is 15.9 Å². The average Bonchev–Trinajstić information content (AvgIpc) is 3.63. The summed E-state index contributed by atoms with van der Waals surface area (Å²) in [4.78, 5) is 18.7. The van der Waals surface area contributed by atoms with E-state index in [9.17, 15) is 4.39 Å². The Morgan fingerprint density at radius 1 is 1.03 bits per heavy atom. The van der Waals surface area contributed by atoms with Gasteiger partial charge in [0.05, 0.1) is 42.2 Å².